The van der Waals surface area contributed by atoms with Gasteiger partial charge < -0.3 is 4.90 Å². The van der Waals surface area contributed by atoms with Crippen LogP contribution in [0, 0.1) is 0 Å². The molecule has 1 spiro atoms. The first kappa shape index (κ1) is 31.2. The number of nitrogens with zero attached hydrogens (tertiary/aromatic N) is 1. The van der Waals surface area contributed by atoms with Gasteiger partial charge in [-0.2, -0.15) is 0 Å². The topological polar surface area (TPSA) is 3.24 Å². The molecule has 0 fully saturated rings. The molecule has 0 amide bonds. The predicted octanol–water partition coefficient (Wildman–Crippen LogP) is 14.6. The lowest BCUT2D eigenvalue weighted by Gasteiger charge is -2.32. The number of fused-ring (bicyclic) bond motifs is 17. The maximum absolute atomic E-state index is 2.45. The van der Waals surface area contributed by atoms with Crippen LogP contribution in [0.4, 0.5) is 17.1 Å². The maximum Gasteiger partial charge on any atom is 0.0732 e. The third-order valence-corrected chi connectivity index (χ3v) is 12.4. The van der Waals surface area contributed by atoms with Crippen LogP contribution < -0.4 is 4.90 Å². The monoisotopic (exact) mass is 709 g/mol. The third-order valence-electron chi connectivity index (χ3n) is 12.4. The summed E-state index contributed by atoms with van der Waals surface area (Å²) >= 11 is 0. The average molecular weight is 710 g/mol. The van der Waals surface area contributed by atoms with Crippen LogP contribution >= 0.6 is 0 Å². The van der Waals surface area contributed by atoms with E-state index in [0.29, 0.717) is 0 Å². The molecule has 1 nitrogen and oxygen atoms in total. The highest BCUT2D eigenvalue weighted by molar-refractivity contribution is 6.23. The fraction of sp³-hybridized carbons (Fsp3) is 0.0182. The highest BCUT2D eigenvalue weighted by Gasteiger charge is 2.53. The molecule has 0 heterocycles. The van der Waals surface area contributed by atoms with E-state index in [0.717, 1.165) is 17.1 Å². The summed E-state index contributed by atoms with van der Waals surface area (Å²) in [5, 5.41) is 7.68. The van der Waals surface area contributed by atoms with Crippen LogP contribution in [0.25, 0.3) is 65.7 Å². The molecule has 2 aliphatic rings. The molecular weight excluding hydrogens is 675 g/mol. The zero-order chi connectivity index (χ0) is 36.8. The van der Waals surface area contributed by atoms with Crippen LogP contribution in [0.3, 0.4) is 0 Å². The molecule has 12 rings (SSSR count). The zero-order valence-corrected chi connectivity index (χ0v) is 30.7. The largest absolute Gasteiger partial charge is 0.310 e. The second-order valence-corrected chi connectivity index (χ2v) is 15.1. The Morgan fingerprint density at radius 1 is 0.321 bits per heavy atom. The molecule has 0 saturated carbocycles. The van der Waals surface area contributed by atoms with Crippen LogP contribution in [0.1, 0.15) is 22.3 Å². The van der Waals surface area contributed by atoms with E-state index in [4.69, 9.17) is 0 Å². The minimum atomic E-state index is -0.481. The van der Waals surface area contributed by atoms with Gasteiger partial charge in [-0.05, 0) is 113 Å². The highest BCUT2D eigenvalue weighted by Crippen LogP contribution is 2.66. The van der Waals surface area contributed by atoms with Crippen molar-refractivity contribution in [3.63, 3.8) is 0 Å². The summed E-state index contributed by atoms with van der Waals surface area (Å²) in [6.45, 7) is 0. The summed E-state index contributed by atoms with van der Waals surface area (Å²) in [6.07, 6.45) is 0. The zero-order valence-electron chi connectivity index (χ0n) is 30.7. The van der Waals surface area contributed by atoms with Crippen molar-refractivity contribution in [3.05, 3.63) is 235 Å². The molecule has 260 valence electrons. The lowest BCUT2D eigenvalue weighted by Crippen LogP contribution is -2.26. The predicted molar refractivity (Wildman–Crippen MR) is 235 cm³/mol. The third kappa shape index (κ3) is 4.15. The van der Waals surface area contributed by atoms with Gasteiger partial charge in [0.2, 0.25) is 0 Å². The first-order valence-electron chi connectivity index (χ1n) is 19.5. The van der Waals surface area contributed by atoms with E-state index >= 15 is 0 Å². The van der Waals surface area contributed by atoms with Crippen LogP contribution in [0.2, 0.25) is 0 Å². The van der Waals surface area contributed by atoms with Gasteiger partial charge in [-0.15, -0.1) is 0 Å². The van der Waals surface area contributed by atoms with Gasteiger partial charge in [0.05, 0.1) is 11.1 Å². The molecular formula is C55H35N. The fourth-order valence-corrected chi connectivity index (χ4v) is 10.3. The molecule has 0 radical (unpaired) electrons. The molecule has 1 heteroatoms. The van der Waals surface area contributed by atoms with Crippen molar-refractivity contribution < 1.29 is 0 Å². The molecule has 0 N–H and O–H groups in total. The molecule has 10 aromatic rings. The minimum Gasteiger partial charge on any atom is -0.310 e. The molecule has 2 aliphatic carbocycles. The van der Waals surface area contributed by atoms with Gasteiger partial charge in [-0.1, -0.05) is 182 Å². The minimum absolute atomic E-state index is 0.481. The summed E-state index contributed by atoms with van der Waals surface area (Å²) in [4.78, 5) is 2.43. The first-order chi connectivity index (χ1) is 27.8. The average Bonchev–Trinajstić information content (AvgIpc) is 3.76. The fourth-order valence-electron chi connectivity index (χ4n) is 10.3. The number of rotatable bonds is 4. The van der Waals surface area contributed by atoms with Gasteiger partial charge in [-0.25, -0.2) is 0 Å². The smallest absolute Gasteiger partial charge is 0.0732 e. The lowest BCUT2D eigenvalue weighted by molar-refractivity contribution is 0.802. The molecule has 0 aromatic heterocycles. The van der Waals surface area contributed by atoms with Gasteiger partial charge >= 0.3 is 0 Å². The van der Waals surface area contributed by atoms with Crippen molar-refractivity contribution in [3.8, 4) is 33.4 Å². The van der Waals surface area contributed by atoms with E-state index in [1.807, 2.05) is 0 Å². The second kappa shape index (κ2) is 11.9. The quantitative estimate of drug-likeness (QED) is 0.164. The van der Waals surface area contributed by atoms with Gasteiger partial charge in [0.15, 0.2) is 0 Å². The number of benzene rings is 10. The molecule has 0 unspecified atom stereocenters. The Labute approximate surface area is 326 Å². The number of para-hydroxylation sites is 2. The number of hydrogen-bond donors (Lipinski definition) is 0. The van der Waals surface area contributed by atoms with E-state index in [-0.39, 0.29) is 0 Å². The molecule has 0 bridgehead atoms. The lowest BCUT2D eigenvalue weighted by atomic mass is 9.69. The Balaban J connectivity index is 1.23. The summed E-state index contributed by atoms with van der Waals surface area (Å²) < 4.78 is 0. The Morgan fingerprint density at radius 2 is 0.911 bits per heavy atom. The van der Waals surface area contributed by atoms with Gasteiger partial charge in [0.1, 0.15) is 0 Å². The Kier molecular flexibility index (Phi) is 6.62. The van der Waals surface area contributed by atoms with Crippen molar-refractivity contribution in [1.82, 2.24) is 0 Å². The van der Waals surface area contributed by atoms with Crippen LogP contribution in [-0.2, 0) is 5.41 Å². The Morgan fingerprint density at radius 3 is 1.66 bits per heavy atom. The highest BCUT2D eigenvalue weighted by atomic mass is 15.1. The van der Waals surface area contributed by atoms with Gasteiger partial charge in [0.25, 0.3) is 0 Å². The Hall–Kier alpha value is -7.22. The summed E-state index contributed by atoms with van der Waals surface area (Å²) in [6, 6.07) is 78.7. The van der Waals surface area contributed by atoms with E-state index in [1.165, 1.54) is 88.0 Å². The molecule has 0 atom stereocenters. The van der Waals surface area contributed by atoms with E-state index < -0.39 is 5.41 Å². The van der Waals surface area contributed by atoms with Crippen molar-refractivity contribution in [2.75, 3.05) is 4.90 Å². The van der Waals surface area contributed by atoms with Crippen molar-refractivity contribution in [2.45, 2.75) is 5.41 Å². The SMILES string of the molecule is c1ccc(-c2ccccc2N(c2ccccc2)c2ccc3c4c(c5ccccc5c3c2)-c2c(ccc3ccccc23)C42c3ccccc3-c3ccccc32)cc1. The summed E-state index contributed by atoms with van der Waals surface area (Å²) in [5.41, 5.74) is 16.1. The van der Waals surface area contributed by atoms with E-state index in [1.54, 1.807) is 0 Å². The van der Waals surface area contributed by atoms with Crippen molar-refractivity contribution >= 4 is 49.4 Å². The molecule has 0 saturated heterocycles. The maximum atomic E-state index is 2.45. The van der Waals surface area contributed by atoms with Crippen LogP contribution in [0.15, 0.2) is 212 Å². The summed E-state index contributed by atoms with van der Waals surface area (Å²) in [7, 11) is 0. The number of anilines is 3. The standard InChI is InChI=1S/C55H35N/c1-3-17-36(18-4-1)40-22-13-16-30-51(40)56(38-20-5-2-6-21-38)39-32-33-46-47(35-39)42-24-9-10-27-45(42)53-52-41-23-8-7-19-37(41)31-34-50(52)55(54(46)53)48-28-14-11-25-43(48)44-26-12-15-29-49(44)55/h1-35H. The normalized spacial score (nSPS) is 13.1. The van der Waals surface area contributed by atoms with Gasteiger partial charge in [-0.3, -0.25) is 0 Å². The molecule has 10 aromatic carbocycles. The van der Waals surface area contributed by atoms with Crippen molar-refractivity contribution in [2.24, 2.45) is 0 Å². The molecule has 0 aliphatic heterocycles. The van der Waals surface area contributed by atoms with E-state index in [9.17, 15) is 0 Å². The first-order valence-corrected chi connectivity index (χ1v) is 19.5. The van der Waals surface area contributed by atoms with Gasteiger partial charge in [0, 0.05) is 16.9 Å². The van der Waals surface area contributed by atoms with E-state index in [2.05, 4.69) is 217 Å². The van der Waals surface area contributed by atoms with Crippen LogP contribution in [0.5, 0.6) is 0 Å². The van der Waals surface area contributed by atoms with Crippen molar-refractivity contribution in [1.29, 1.82) is 0 Å². The number of hydrogen-bond acceptors (Lipinski definition) is 1. The van der Waals surface area contributed by atoms with Crippen LogP contribution in [-0.4, -0.2) is 0 Å². The summed E-state index contributed by atoms with van der Waals surface area (Å²) in [5.74, 6) is 0. The Bertz CT molecular complexity index is 3150. The second-order valence-electron chi connectivity index (χ2n) is 15.1. The molecule has 56 heavy (non-hydrogen) atoms.